The summed E-state index contributed by atoms with van der Waals surface area (Å²) < 4.78 is 0. The third-order valence-corrected chi connectivity index (χ3v) is 5.98. The first-order valence-electron chi connectivity index (χ1n) is 9.79. The van der Waals surface area contributed by atoms with Crippen LogP contribution < -0.4 is 10.6 Å². The molecule has 1 aromatic carbocycles. The van der Waals surface area contributed by atoms with Gasteiger partial charge in [0.05, 0.1) is 0 Å². The minimum absolute atomic E-state index is 0.138. The number of benzene rings is 1. The first-order chi connectivity index (χ1) is 13.1. The Bertz CT molecular complexity index is 774. The molecular formula is C20H26N4O3. The zero-order valence-electron chi connectivity index (χ0n) is 15.7. The normalized spacial score (nSPS) is 26.6. The van der Waals surface area contributed by atoms with Crippen LogP contribution in [0.25, 0.3) is 0 Å². The van der Waals surface area contributed by atoms with Crippen LogP contribution in [0, 0.1) is 0 Å². The molecule has 2 unspecified atom stereocenters. The van der Waals surface area contributed by atoms with Gasteiger partial charge in [0, 0.05) is 19.1 Å². The molecule has 2 heterocycles. The van der Waals surface area contributed by atoms with E-state index in [-0.39, 0.29) is 24.4 Å². The quantitative estimate of drug-likeness (QED) is 0.757. The SMILES string of the molecule is CCCN(C(=O)CN1C(=O)NC2(CCc3ccccc32)C1=O)C1CCNC1. The van der Waals surface area contributed by atoms with Gasteiger partial charge in [-0.2, -0.15) is 0 Å². The van der Waals surface area contributed by atoms with Gasteiger partial charge < -0.3 is 15.5 Å². The molecule has 2 fully saturated rings. The Hall–Kier alpha value is -2.41. The second kappa shape index (κ2) is 6.96. The van der Waals surface area contributed by atoms with Crippen molar-refractivity contribution in [3.8, 4) is 0 Å². The molecule has 27 heavy (non-hydrogen) atoms. The summed E-state index contributed by atoms with van der Waals surface area (Å²) in [6, 6.07) is 7.39. The molecule has 2 atom stereocenters. The summed E-state index contributed by atoms with van der Waals surface area (Å²) in [5, 5.41) is 6.16. The fourth-order valence-electron chi connectivity index (χ4n) is 4.62. The van der Waals surface area contributed by atoms with Crippen LogP contribution in [0.4, 0.5) is 4.79 Å². The van der Waals surface area contributed by atoms with Crippen molar-refractivity contribution in [3.05, 3.63) is 35.4 Å². The Morgan fingerprint density at radius 2 is 2.15 bits per heavy atom. The van der Waals surface area contributed by atoms with Gasteiger partial charge in [-0.15, -0.1) is 0 Å². The number of carbonyl (C=O) groups is 3. The van der Waals surface area contributed by atoms with E-state index in [0.717, 1.165) is 48.4 Å². The zero-order chi connectivity index (χ0) is 19.0. The summed E-state index contributed by atoms with van der Waals surface area (Å²) in [7, 11) is 0. The fraction of sp³-hybridized carbons (Fsp3) is 0.550. The highest BCUT2D eigenvalue weighted by Gasteiger charge is 2.55. The number of fused-ring (bicyclic) bond motifs is 2. The number of nitrogens with one attached hydrogen (secondary N) is 2. The number of carbonyl (C=O) groups excluding carboxylic acids is 3. The number of hydrogen-bond donors (Lipinski definition) is 2. The summed E-state index contributed by atoms with van der Waals surface area (Å²) in [5.74, 6) is -0.454. The molecule has 0 saturated carbocycles. The van der Waals surface area contributed by atoms with E-state index < -0.39 is 11.6 Å². The van der Waals surface area contributed by atoms with Crippen LogP contribution >= 0.6 is 0 Å². The third kappa shape index (κ3) is 2.90. The first kappa shape index (κ1) is 18.0. The molecule has 2 aliphatic heterocycles. The van der Waals surface area contributed by atoms with Gasteiger partial charge in [0.15, 0.2) is 0 Å². The van der Waals surface area contributed by atoms with E-state index in [9.17, 15) is 14.4 Å². The summed E-state index contributed by atoms with van der Waals surface area (Å²) in [5.41, 5.74) is 0.950. The zero-order valence-corrected chi connectivity index (χ0v) is 15.7. The van der Waals surface area contributed by atoms with Crippen LogP contribution in [-0.2, 0) is 21.5 Å². The molecule has 1 spiro atoms. The molecule has 2 N–H and O–H groups in total. The van der Waals surface area contributed by atoms with Crippen LogP contribution in [-0.4, -0.2) is 59.9 Å². The van der Waals surface area contributed by atoms with Crippen molar-refractivity contribution in [2.45, 2.75) is 44.2 Å². The fourth-order valence-corrected chi connectivity index (χ4v) is 4.62. The van der Waals surface area contributed by atoms with E-state index in [1.807, 2.05) is 36.1 Å². The number of aryl methyl sites for hydroxylation is 1. The van der Waals surface area contributed by atoms with Gasteiger partial charge in [-0.25, -0.2) is 4.79 Å². The Labute approximate surface area is 159 Å². The van der Waals surface area contributed by atoms with Crippen molar-refractivity contribution >= 4 is 17.8 Å². The maximum Gasteiger partial charge on any atom is 0.325 e. The Morgan fingerprint density at radius 1 is 1.33 bits per heavy atom. The van der Waals surface area contributed by atoms with Crippen molar-refractivity contribution in [2.75, 3.05) is 26.2 Å². The second-order valence-corrected chi connectivity index (χ2v) is 7.62. The van der Waals surface area contributed by atoms with Gasteiger partial charge in [0.2, 0.25) is 5.91 Å². The van der Waals surface area contributed by atoms with Crippen molar-refractivity contribution in [2.24, 2.45) is 0 Å². The lowest BCUT2D eigenvalue weighted by molar-refractivity contribution is -0.140. The highest BCUT2D eigenvalue weighted by Crippen LogP contribution is 2.41. The lowest BCUT2D eigenvalue weighted by atomic mass is 9.92. The Balaban J connectivity index is 1.54. The molecule has 144 valence electrons. The molecule has 1 aliphatic carbocycles. The summed E-state index contributed by atoms with van der Waals surface area (Å²) in [6.07, 6.45) is 3.05. The van der Waals surface area contributed by atoms with E-state index in [2.05, 4.69) is 10.6 Å². The molecule has 7 nitrogen and oxygen atoms in total. The summed E-state index contributed by atoms with van der Waals surface area (Å²) in [6.45, 7) is 4.14. The van der Waals surface area contributed by atoms with Gasteiger partial charge in [0.25, 0.3) is 5.91 Å². The Kier molecular flexibility index (Phi) is 4.63. The average Bonchev–Trinajstić information content (AvgIpc) is 3.37. The number of imide groups is 1. The van der Waals surface area contributed by atoms with Gasteiger partial charge in [-0.1, -0.05) is 31.2 Å². The number of hydrogen-bond acceptors (Lipinski definition) is 4. The molecule has 0 bridgehead atoms. The van der Waals surface area contributed by atoms with E-state index in [1.165, 1.54) is 0 Å². The van der Waals surface area contributed by atoms with Gasteiger partial charge in [0.1, 0.15) is 12.1 Å². The van der Waals surface area contributed by atoms with Crippen molar-refractivity contribution in [1.82, 2.24) is 20.4 Å². The van der Waals surface area contributed by atoms with Crippen LogP contribution in [0.3, 0.4) is 0 Å². The van der Waals surface area contributed by atoms with Crippen molar-refractivity contribution < 1.29 is 14.4 Å². The van der Waals surface area contributed by atoms with E-state index in [1.54, 1.807) is 0 Å². The molecule has 7 heteroatoms. The molecule has 2 saturated heterocycles. The number of amides is 4. The molecule has 0 radical (unpaired) electrons. The largest absolute Gasteiger partial charge is 0.337 e. The Morgan fingerprint density at radius 3 is 2.89 bits per heavy atom. The monoisotopic (exact) mass is 370 g/mol. The minimum Gasteiger partial charge on any atom is -0.337 e. The maximum absolute atomic E-state index is 13.2. The smallest absolute Gasteiger partial charge is 0.325 e. The standard InChI is InChI=1S/C20H26N4O3/c1-2-11-23(15-8-10-21-12-15)17(25)13-24-18(26)20(22-19(24)27)9-7-14-5-3-4-6-16(14)20/h3-6,15,21H,2,7-13H2,1H3,(H,22,27). The second-order valence-electron chi connectivity index (χ2n) is 7.62. The first-order valence-corrected chi connectivity index (χ1v) is 9.79. The summed E-state index contributed by atoms with van der Waals surface area (Å²) in [4.78, 5) is 41.7. The van der Waals surface area contributed by atoms with Gasteiger partial charge in [-0.3, -0.25) is 14.5 Å². The molecule has 3 aliphatic rings. The van der Waals surface area contributed by atoms with Crippen LogP contribution in [0.15, 0.2) is 24.3 Å². The van der Waals surface area contributed by atoms with E-state index in [4.69, 9.17) is 0 Å². The average molecular weight is 370 g/mol. The number of urea groups is 1. The number of nitrogens with zero attached hydrogens (tertiary/aromatic N) is 2. The van der Waals surface area contributed by atoms with Crippen LogP contribution in [0.5, 0.6) is 0 Å². The highest BCUT2D eigenvalue weighted by atomic mass is 16.2. The van der Waals surface area contributed by atoms with Crippen molar-refractivity contribution in [1.29, 1.82) is 0 Å². The van der Waals surface area contributed by atoms with Gasteiger partial charge in [-0.05, 0) is 43.4 Å². The topological polar surface area (TPSA) is 81.8 Å². The maximum atomic E-state index is 13.2. The summed E-state index contributed by atoms with van der Waals surface area (Å²) >= 11 is 0. The van der Waals surface area contributed by atoms with Gasteiger partial charge >= 0.3 is 6.03 Å². The molecule has 1 aromatic rings. The molecule has 4 amide bonds. The molecule has 4 rings (SSSR count). The predicted octanol–water partition coefficient (Wildman–Crippen LogP) is 0.980. The van der Waals surface area contributed by atoms with Crippen LogP contribution in [0.1, 0.15) is 37.3 Å². The van der Waals surface area contributed by atoms with Crippen LogP contribution in [0.2, 0.25) is 0 Å². The highest BCUT2D eigenvalue weighted by molar-refractivity contribution is 6.09. The molecular weight excluding hydrogens is 344 g/mol. The lowest BCUT2D eigenvalue weighted by Crippen LogP contribution is -2.48. The van der Waals surface area contributed by atoms with Crippen molar-refractivity contribution in [3.63, 3.8) is 0 Å². The van der Waals surface area contributed by atoms with E-state index in [0.29, 0.717) is 13.0 Å². The third-order valence-electron chi connectivity index (χ3n) is 5.98. The number of rotatable bonds is 5. The van der Waals surface area contributed by atoms with E-state index >= 15 is 0 Å². The predicted molar refractivity (Wildman–Crippen MR) is 100.0 cm³/mol. The lowest BCUT2D eigenvalue weighted by Gasteiger charge is -2.29. The molecule has 0 aromatic heterocycles. The minimum atomic E-state index is -1.00.